The Morgan fingerprint density at radius 2 is 2.00 bits per heavy atom. The highest BCUT2D eigenvalue weighted by Gasteiger charge is 2.14. The average molecular weight is 301 g/mol. The first-order valence-corrected chi connectivity index (χ1v) is 7.10. The van der Waals surface area contributed by atoms with Crippen LogP contribution in [-0.4, -0.2) is 26.8 Å². The summed E-state index contributed by atoms with van der Waals surface area (Å²) in [7, 11) is 0. The smallest absolute Gasteiger partial charge is 0.336 e. The number of carboxylic acids is 1. The van der Waals surface area contributed by atoms with Crippen molar-refractivity contribution in [3.8, 4) is 0 Å². The van der Waals surface area contributed by atoms with E-state index in [1.54, 1.807) is 23.9 Å². The number of carbonyl (C=O) groups is 2. The van der Waals surface area contributed by atoms with Gasteiger partial charge in [0.05, 0.1) is 17.3 Å². The maximum atomic E-state index is 12.2. The molecule has 6 heteroatoms. The molecule has 0 aliphatic heterocycles. The third-order valence-electron chi connectivity index (χ3n) is 3.40. The topological polar surface area (TPSA) is 84.2 Å². The minimum atomic E-state index is -1.01. The lowest BCUT2D eigenvalue weighted by Gasteiger charge is -2.10. The average Bonchev–Trinajstić information content (AvgIpc) is 2.90. The standard InChI is InChI=1S/C16H19N3O3/c1-4-5-19-9-12(8-17-19)15(20)18-14-7-13(16(21)22)10(2)6-11(14)3/h6-9H,4-5H2,1-3H3,(H,18,20)(H,21,22). The molecule has 0 fully saturated rings. The molecule has 2 rings (SSSR count). The molecular weight excluding hydrogens is 282 g/mol. The highest BCUT2D eigenvalue weighted by atomic mass is 16.4. The second kappa shape index (κ2) is 6.43. The zero-order valence-corrected chi connectivity index (χ0v) is 12.9. The number of carbonyl (C=O) groups excluding carboxylic acids is 1. The number of carboxylic acid groups (broad SMARTS) is 1. The van der Waals surface area contributed by atoms with Crippen molar-refractivity contribution < 1.29 is 14.7 Å². The summed E-state index contributed by atoms with van der Waals surface area (Å²) in [6, 6.07) is 3.24. The number of aryl methyl sites for hydroxylation is 3. The molecule has 2 aromatic rings. The van der Waals surface area contributed by atoms with Gasteiger partial charge in [0.15, 0.2) is 0 Å². The molecular formula is C16H19N3O3. The van der Waals surface area contributed by atoms with Crippen molar-refractivity contribution in [3.63, 3.8) is 0 Å². The van der Waals surface area contributed by atoms with Gasteiger partial charge in [-0.25, -0.2) is 4.79 Å². The van der Waals surface area contributed by atoms with Crippen LogP contribution >= 0.6 is 0 Å². The minimum Gasteiger partial charge on any atom is -0.478 e. The van der Waals surface area contributed by atoms with Crippen LogP contribution in [0.1, 0.15) is 45.2 Å². The molecule has 0 radical (unpaired) electrons. The number of nitrogens with zero attached hydrogens (tertiary/aromatic N) is 2. The van der Waals surface area contributed by atoms with E-state index in [1.807, 2.05) is 13.8 Å². The van der Waals surface area contributed by atoms with Crippen LogP contribution in [-0.2, 0) is 6.54 Å². The van der Waals surface area contributed by atoms with Crippen LogP contribution in [0.2, 0.25) is 0 Å². The Morgan fingerprint density at radius 1 is 1.27 bits per heavy atom. The quantitative estimate of drug-likeness (QED) is 0.889. The summed E-state index contributed by atoms with van der Waals surface area (Å²) in [4.78, 5) is 23.4. The first-order valence-electron chi connectivity index (χ1n) is 7.10. The van der Waals surface area contributed by atoms with E-state index in [9.17, 15) is 9.59 Å². The Kier molecular flexibility index (Phi) is 4.60. The van der Waals surface area contributed by atoms with E-state index in [0.717, 1.165) is 18.5 Å². The zero-order chi connectivity index (χ0) is 16.3. The first kappa shape index (κ1) is 15.8. The van der Waals surface area contributed by atoms with Crippen LogP contribution in [0.4, 0.5) is 5.69 Å². The fourth-order valence-electron chi connectivity index (χ4n) is 2.24. The van der Waals surface area contributed by atoms with Gasteiger partial charge in [-0.05, 0) is 37.5 Å². The fourth-order valence-corrected chi connectivity index (χ4v) is 2.24. The Morgan fingerprint density at radius 3 is 2.64 bits per heavy atom. The molecule has 1 aromatic carbocycles. The molecule has 0 unspecified atom stereocenters. The normalized spacial score (nSPS) is 10.5. The van der Waals surface area contributed by atoms with Crippen molar-refractivity contribution in [2.75, 3.05) is 5.32 Å². The molecule has 1 aromatic heterocycles. The van der Waals surface area contributed by atoms with Gasteiger partial charge in [0.25, 0.3) is 5.91 Å². The molecule has 116 valence electrons. The number of hydrogen-bond acceptors (Lipinski definition) is 3. The molecule has 1 amide bonds. The van der Waals surface area contributed by atoms with Gasteiger partial charge >= 0.3 is 5.97 Å². The summed E-state index contributed by atoms with van der Waals surface area (Å²) >= 11 is 0. The number of anilines is 1. The summed E-state index contributed by atoms with van der Waals surface area (Å²) in [5.74, 6) is -1.31. The molecule has 6 nitrogen and oxygen atoms in total. The van der Waals surface area contributed by atoms with Crippen molar-refractivity contribution >= 4 is 17.6 Å². The molecule has 1 heterocycles. The van der Waals surface area contributed by atoms with E-state index < -0.39 is 5.97 Å². The van der Waals surface area contributed by atoms with Crippen LogP contribution in [0.3, 0.4) is 0 Å². The Balaban J connectivity index is 2.23. The van der Waals surface area contributed by atoms with E-state index in [0.29, 0.717) is 16.8 Å². The number of rotatable bonds is 5. The number of amides is 1. The highest BCUT2D eigenvalue weighted by molar-refractivity contribution is 6.05. The van der Waals surface area contributed by atoms with E-state index >= 15 is 0 Å². The third-order valence-corrected chi connectivity index (χ3v) is 3.40. The van der Waals surface area contributed by atoms with Crippen molar-refractivity contribution in [2.24, 2.45) is 0 Å². The van der Waals surface area contributed by atoms with Gasteiger partial charge < -0.3 is 10.4 Å². The van der Waals surface area contributed by atoms with Crippen molar-refractivity contribution in [1.82, 2.24) is 9.78 Å². The van der Waals surface area contributed by atoms with E-state index in [-0.39, 0.29) is 11.5 Å². The summed E-state index contributed by atoms with van der Waals surface area (Å²) in [5, 5.41) is 16.0. The van der Waals surface area contributed by atoms with E-state index in [2.05, 4.69) is 10.4 Å². The summed E-state index contributed by atoms with van der Waals surface area (Å²) in [6.45, 7) is 6.34. The summed E-state index contributed by atoms with van der Waals surface area (Å²) in [6.07, 6.45) is 4.12. The van der Waals surface area contributed by atoms with Crippen molar-refractivity contribution in [3.05, 3.63) is 46.8 Å². The number of hydrogen-bond donors (Lipinski definition) is 2. The maximum Gasteiger partial charge on any atom is 0.336 e. The van der Waals surface area contributed by atoms with Crippen LogP contribution in [0.25, 0.3) is 0 Å². The van der Waals surface area contributed by atoms with Crippen LogP contribution in [0.15, 0.2) is 24.5 Å². The summed E-state index contributed by atoms with van der Waals surface area (Å²) in [5.41, 5.74) is 2.61. The van der Waals surface area contributed by atoms with Gasteiger partial charge in [-0.3, -0.25) is 9.48 Å². The number of nitrogens with one attached hydrogen (secondary N) is 1. The van der Waals surface area contributed by atoms with Gasteiger partial charge in [0.2, 0.25) is 0 Å². The van der Waals surface area contributed by atoms with Gasteiger partial charge in [0, 0.05) is 18.4 Å². The van der Waals surface area contributed by atoms with Crippen molar-refractivity contribution in [1.29, 1.82) is 0 Å². The summed E-state index contributed by atoms with van der Waals surface area (Å²) < 4.78 is 1.71. The molecule has 0 spiro atoms. The minimum absolute atomic E-state index is 0.183. The second-order valence-electron chi connectivity index (χ2n) is 5.23. The Hall–Kier alpha value is -2.63. The lowest BCUT2D eigenvalue weighted by atomic mass is 10.0. The number of benzene rings is 1. The maximum absolute atomic E-state index is 12.2. The van der Waals surface area contributed by atoms with Crippen LogP contribution < -0.4 is 5.32 Å². The van der Waals surface area contributed by atoms with E-state index in [1.165, 1.54) is 12.3 Å². The molecule has 0 aliphatic carbocycles. The SMILES string of the molecule is CCCn1cc(C(=O)Nc2cc(C(=O)O)c(C)cc2C)cn1. The molecule has 2 N–H and O–H groups in total. The van der Waals surface area contributed by atoms with Crippen molar-refractivity contribution in [2.45, 2.75) is 33.7 Å². The fraction of sp³-hybridized carbons (Fsp3) is 0.312. The van der Waals surface area contributed by atoms with Crippen LogP contribution in [0.5, 0.6) is 0 Å². The lowest BCUT2D eigenvalue weighted by Crippen LogP contribution is -2.13. The molecule has 0 saturated heterocycles. The first-order chi connectivity index (χ1) is 10.4. The molecule has 0 aliphatic rings. The Labute approximate surface area is 128 Å². The lowest BCUT2D eigenvalue weighted by molar-refractivity contribution is 0.0695. The predicted octanol–water partition coefficient (Wildman–Crippen LogP) is 2.86. The monoisotopic (exact) mass is 301 g/mol. The number of aromatic nitrogens is 2. The van der Waals surface area contributed by atoms with Crippen LogP contribution in [0, 0.1) is 13.8 Å². The van der Waals surface area contributed by atoms with Gasteiger partial charge in [-0.2, -0.15) is 5.10 Å². The third kappa shape index (κ3) is 3.33. The Bertz CT molecular complexity index is 719. The molecule has 22 heavy (non-hydrogen) atoms. The molecule has 0 saturated carbocycles. The predicted molar refractivity (Wildman–Crippen MR) is 83.3 cm³/mol. The van der Waals surface area contributed by atoms with Gasteiger partial charge in [0.1, 0.15) is 0 Å². The molecule has 0 atom stereocenters. The number of aromatic carboxylic acids is 1. The largest absolute Gasteiger partial charge is 0.478 e. The molecule has 0 bridgehead atoms. The highest BCUT2D eigenvalue weighted by Crippen LogP contribution is 2.21. The zero-order valence-electron chi connectivity index (χ0n) is 12.9. The van der Waals surface area contributed by atoms with Gasteiger partial charge in [-0.1, -0.05) is 13.0 Å². The van der Waals surface area contributed by atoms with E-state index in [4.69, 9.17) is 5.11 Å². The second-order valence-corrected chi connectivity index (χ2v) is 5.23. The van der Waals surface area contributed by atoms with Gasteiger partial charge in [-0.15, -0.1) is 0 Å².